The highest BCUT2D eigenvalue weighted by molar-refractivity contribution is 7.98. The number of amides is 1. The number of carbonyl (C=O) groups excluding carboxylic acids is 1. The second kappa shape index (κ2) is 8.29. The Morgan fingerprint density at radius 3 is 2.52 bits per heavy atom. The Labute approximate surface area is 131 Å². The average Bonchev–Trinajstić information content (AvgIpc) is 2.45. The number of benzene rings is 1. The first kappa shape index (κ1) is 17.9. The van der Waals surface area contributed by atoms with Gasteiger partial charge in [-0.25, -0.2) is 0 Å². The number of nitrogens with zero attached hydrogens (tertiary/aromatic N) is 1. The summed E-state index contributed by atoms with van der Waals surface area (Å²) in [4.78, 5) is 14.2. The lowest BCUT2D eigenvalue weighted by Gasteiger charge is -2.22. The second-order valence-corrected chi connectivity index (χ2v) is 6.45. The minimum absolute atomic E-state index is 0.152. The zero-order valence-corrected chi connectivity index (χ0v) is 14.2. The molecule has 5 heteroatoms. The van der Waals surface area contributed by atoms with E-state index in [9.17, 15) is 9.90 Å². The first-order valence-corrected chi connectivity index (χ1v) is 8.59. The van der Waals surface area contributed by atoms with E-state index in [1.54, 1.807) is 18.7 Å². The largest absolute Gasteiger partial charge is 0.387 e. The second-order valence-electron chi connectivity index (χ2n) is 5.58. The summed E-state index contributed by atoms with van der Waals surface area (Å²) in [6, 6.07) is 7.54. The maximum absolute atomic E-state index is 12.1. The Hall–Kier alpha value is -1.20. The van der Waals surface area contributed by atoms with Crippen molar-refractivity contribution in [3.63, 3.8) is 0 Å². The number of hydrogen-bond acceptors (Lipinski definition) is 4. The van der Waals surface area contributed by atoms with Crippen LogP contribution in [0.4, 0.5) is 5.69 Å². The summed E-state index contributed by atoms with van der Waals surface area (Å²) in [7, 11) is 2.04. The molecule has 1 atom stereocenters. The number of thioether (sulfide) groups is 1. The van der Waals surface area contributed by atoms with E-state index in [0.29, 0.717) is 11.3 Å². The van der Waals surface area contributed by atoms with Gasteiger partial charge in [-0.2, -0.15) is 11.8 Å². The van der Waals surface area contributed by atoms with Gasteiger partial charge < -0.3 is 15.3 Å². The van der Waals surface area contributed by atoms with E-state index in [1.165, 1.54) is 0 Å². The summed E-state index contributed by atoms with van der Waals surface area (Å²) in [5.41, 5.74) is 0.836. The van der Waals surface area contributed by atoms with Gasteiger partial charge in [-0.05, 0) is 43.9 Å². The van der Waals surface area contributed by atoms with E-state index in [-0.39, 0.29) is 12.5 Å². The van der Waals surface area contributed by atoms with Crippen molar-refractivity contribution < 1.29 is 9.90 Å². The molecular weight excluding hydrogens is 284 g/mol. The molecule has 0 aliphatic rings. The molecule has 0 aliphatic carbocycles. The molecule has 1 aromatic carbocycles. The van der Waals surface area contributed by atoms with E-state index in [1.807, 2.05) is 37.6 Å². The van der Waals surface area contributed by atoms with Crippen molar-refractivity contribution in [1.29, 1.82) is 0 Å². The van der Waals surface area contributed by atoms with Crippen molar-refractivity contribution in [3.8, 4) is 0 Å². The van der Waals surface area contributed by atoms with E-state index in [2.05, 4.69) is 17.1 Å². The smallest absolute Gasteiger partial charge is 0.251 e. The molecule has 0 aliphatic heterocycles. The van der Waals surface area contributed by atoms with Gasteiger partial charge >= 0.3 is 0 Å². The van der Waals surface area contributed by atoms with Crippen LogP contribution in [0.5, 0.6) is 0 Å². The molecule has 0 heterocycles. The third-order valence-electron chi connectivity index (χ3n) is 3.21. The molecule has 21 heavy (non-hydrogen) atoms. The number of hydrogen-bond donors (Lipinski definition) is 2. The number of carbonyl (C=O) groups is 1. The highest BCUT2D eigenvalue weighted by Gasteiger charge is 2.20. The zero-order chi connectivity index (χ0) is 15.9. The molecule has 0 radical (unpaired) electrons. The first-order chi connectivity index (χ1) is 9.89. The van der Waals surface area contributed by atoms with Crippen LogP contribution in [-0.2, 0) is 0 Å². The van der Waals surface area contributed by atoms with Crippen molar-refractivity contribution in [2.24, 2.45) is 0 Å². The normalized spacial score (nSPS) is 13.6. The summed E-state index contributed by atoms with van der Waals surface area (Å²) in [5, 5.41) is 12.8. The Balaban J connectivity index is 2.59. The minimum Gasteiger partial charge on any atom is -0.387 e. The van der Waals surface area contributed by atoms with Gasteiger partial charge in [0.25, 0.3) is 5.91 Å². The molecule has 1 unspecified atom stereocenters. The van der Waals surface area contributed by atoms with E-state index in [4.69, 9.17) is 0 Å². The maximum atomic E-state index is 12.1. The fourth-order valence-electron chi connectivity index (χ4n) is 2.07. The zero-order valence-electron chi connectivity index (χ0n) is 13.3. The maximum Gasteiger partial charge on any atom is 0.251 e. The van der Waals surface area contributed by atoms with Crippen LogP contribution in [0.2, 0.25) is 0 Å². The van der Waals surface area contributed by atoms with Crippen LogP contribution in [0, 0.1) is 0 Å². The van der Waals surface area contributed by atoms with Gasteiger partial charge in [0, 0.05) is 37.1 Å². The van der Waals surface area contributed by atoms with Crippen LogP contribution in [0.25, 0.3) is 0 Å². The quantitative estimate of drug-likeness (QED) is 0.774. The van der Waals surface area contributed by atoms with Crippen molar-refractivity contribution in [2.75, 3.05) is 37.0 Å². The van der Waals surface area contributed by atoms with Crippen LogP contribution < -0.4 is 10.2 Å². The molecular formula is C16H26N2O2S. The molecule has 0 aromatic heterocycles. The number of rotatable bonds is 8. The monoisotopic (exact) mass is 310 g/mol. The molecule has 4 nitrogen and oxygen atoms in total. The summed E-state index contributed by atoms with van der Waals surface area (Å²) in [6.45, 7) is 5.11. The summed E-state index contributed by atoms with van der Waals surface area (Å²) >= 11 is 1.56. The molecule has 2 N–H and O–H groups in total. The van der Waals surface area contributed by atoms with Crippen LogP contribution in [-0.4, -0.2) is 48.8 Å². The van der Waals surface area contributed by atoms with Gasteiger partial charge in [-0.15, -0.1) is 0 Å². The highest BCUT2D eigenvalue weighted by Crippen LogP contribution is 2.14. The fraction of sp³-hybridized carbons (Fsp3) is 0.562. The third-order valence-corrected chi connectivity index (χ3v) is 4.12. The first-order valence-electron chi connectivity index (χ1n) is 7.20. The Morgan fingerprint density at radius 1 is 1.38 bits per heavy atom. The molecule has 0 saturated heterocycles. The van der Waals surface area contributed by atoms with Gasteiger partial charge in [0.15, 0.2) is 0 Å². The van der Waals surface area contributed by atoms with Crippen molar-refractivity contribution in [1.82, 2.24) is 5.32 Å². The minimum atomic E-state index is -0.879. The number of nitrogens with one attached hydrogen (secondary N) is 1. The van der Waals surface area contributed by atoms with Crippen LogP contribution in [0.3, 0.4) is 0 Å². The third kappa shape index (κ3) is 5.98. The van der Waals surface area contributed by atoms with Crippen LogP contribution in [0.1, 0.15) is 30.6 Å². The predicted molar refractivity (Wildman–Crippen MR) is 91.3 cm³/mol. The molecule has 0 fully saturated rings. The molecule has 1 aromatic rings. The molecule has 118 valence electrons. The average molecular weight is 310 g/mol. The summed E-state index contributed by atoms with van der Waals surface area (Å²) in [5.74, 6) is 0.440. The van der Waals surface area contributed by atoms with Gasteiger partial charge in [0.1, 0.15) is 0 Å². The summed E-state index contributed by atoms with van der Waals surface area (Å²) in [6.07, 6.45) is 3.02. The number of anilines is 1. The van der Waals surface area contributed by atoms with E-state index >= 15 is 0 Å². The lowest BCUT2D eigenvalue weighted by molar-refractivity contribution is 0.0725. The fourth-order valence-corrected chi connectivity index (χ4v) is 2.79. The molecule has 0 bridgehead atoms. The molecule has 0 saturated carbocycles. The van der Waals surface area contributed by atoms with Crippen LogP contribution in [0.15, 0.2) is 24.3 Å². The van der Waals surface area contributed by atoms with Gasteiger partial charge in [-0.1, -0.05) is 6.92 Å². The van der Waals surface area contributed by atoms with Gasteiger partial charge in [0.2, 0.25) is 0 Å². The Morgan fingerprint density at radius 2 is 2.00 bits per heavy atom. The lowest BCUT2D eigenvalue weighted by atomic mass is 10.1. The van der Waals surface area contributed by atoms with E-state index < -0.39 is 5.60 Å². The summed E-state index contributed by atoms with van der Waals surface area (Å²) < 4.78 is 0. The van der Waals surface area contributed by atoms with Crippen LogP contribution >= 0.6 is 11.8 Å². The predicted octanol–water partition coefficient (Wildman–Crippen LogP) is 2.38. The van der Waals surface area contributed by atoms with Crippen molar-refractivity contribution >= 4 is 23.4 Å². The Bertz CT molecular complexity index is 446. The molecule has 0 spiro atoms. The highest BCUT2D eigenvalue weighted by atomic mass is 32.2. The SMILES string of the molecule is CCCN(C)c1ccc(C(=O)NCC(C)(O)CSC)cc1. The number of aliphatic hydroxyl groups is 1. The Kier molecular flexibility index (Phi) is 7.05. The molecule has 1 rings (SSSR count). The van der Waals surface area contributed by atoms with E-state index in [0.717, 1.165) is 18.7 Å². The van der Waals surface area contributed by atoms with Gasteiger partial charge in [0.05, 0.1) is 5.60 Å². The topological polar surface area (TPSA) is 52.6 Å². The standard InChI is InChI=1S/C16H26N2O2S/c1-5-10-18(3)14-8-6-13(7-9-14)15(19)17-11-16(2,20)12-21-4/h6-9,20H,5,10-12H2,1-4H3,(H,17,19). The van der Waals surface area contributed by atoms with Crippen molar-refractivity contribution in [3.05, 3.63) is 29.8 Å². The van der Waals surface area contributed by atoms with Gasteiger partial charge in [-0.3, -0.25) is 4.79 Å². The van der Waals surface area contributed by atoms with Crippen molar-refractivity contribution in [2.45, 2.75) is 25.9 Å². The molecule has 1 amide bonds. The lowest BCUT2D eigenvalue weighted by Crippen LogP contribution is -2.42.